The van der Waals surface area contributed by atoms with Crippen molar-refractivity contribution in [3.05, 3.63) is 83.9 Å². The van der Waals surface area contributed by atoms with Crippen molar-refractivity contribution in [1.29, 1.82) is 0 Å². The molecule has 27 heavy (non-hydrogen) atoms. The molecule has 0 radical (unpaired) electrons. The average Bonchev–Trinajstić information content (AvgIpc) is 2.92. The van der Waals surface area contributed by atoms with Gasteiger partial charge in [-0.3, -0.25) is 15.0 Å². The molecule has 1 fully saturated rings. The number of urea groups is 1. The van der Waals surface area contributed by atoms with Crippen molar-refractivity contribution in [1.82, 2.24) is 15.8 Å². The first kappa shape index (κ1) is 16.8. The van der Waals surface area contributed by atoms with Crippen LogP contribution in [0.1, 0.15) is 22.8 Å². The molecule has 1 unspecified atom stereocenters. The number of fused-ring (bicyclic) bond motifs is 1. The Balaban J connectivity index is 1.59. The van der Waals surface area contributed by atoms with E-state index in [1.54, 1.807) is 43.3 Å². The molecule has 1 aliphatic rings. The summed E-state index contributed by atoms with van der Waals surface area (Å²) >= 11 is 0. The molecule has 1 aliphatic heterocycles. The first-order chi connectivity index (χ1) is 13.0. The summed E-state index contributed by atoms with van der Waals surface area (Å²) in [6.07, 6.45) is 0. The molecule has 4 rings (SSSR count). The van der Waals surface area contributed by atoms with Crippen LogP contribution in [0.5, 0.6) is 0 Å². The Labute approximate surface area is 155 Å². The highest BCUT2D eigenvalue weighted by molar-refractivity contribution is 6.09. The molecule has 134 valence electrons. The topological polar surface area (TPSA) is 78.5 Å². The van der Waals surface area contributed by atoms with E-state index in [2.05, 4.69) is 10.7 Å². The van der Waals surface area contributed by atoms with Gasteiger partial charge in [0.05, 0.1) is 0 Å². The summed E-state index contributed by atoms with van der Waals surface area (Å²) < 4.78 is 0. The fourth-order valence-electron chi connectivity index (χ4n) is 3.20. The summed E-state index contributed by atoms with van der Waals surface area (Å²) in [6.45, 7) is 1.62. The van der Waals surface area contributed by atoms with Crippen molar-refractivity contribution in [2.75, 3.05) is 0 Å². The number of amides is 4. The third-order valence-corrected chi connectivity index (χ3v) is 4.77. The maximum absolute atomic E-state index is 12.8. The zero-order valence-electron chi connectivity index (χ0n) is 14.6. The zero-order valence-corrected chi connectivity index (χ0v) is 14.6. The van der Waals surface area contributed by atoms with Crippen LogP contribution in [-0.2, 0) is 10.3 Å². The molecule has 4 amide bonds. The number of carbonyl (C=O) groups excluding carboxylic acids is 3. The summed E-state index contributed by atoms with van der Waals surface area (Å²) in [6, 6.07) is 21.1. The Bertz CT molecular complexity index is 1060. The van der Waals surface area contributed by atoms with Gasteiger partial charge in [-0.25, -0.2) is 4.79 Å². The number of benzene rings is 3. The molecule has 3 aromatic carbocycles. The highest BCUT2D eigenvalue weighted by Crippen LogP contribution is 2.27. The first-order valence-corrected chi connectivity index (χ1v) is 8.51. The number of nitrogens with zero attached hydrogens (tertiary/aromatic N) is 1. The number of imide groups is 1. The molecule has 1 saturated heterocycles. The molecular weight excluding hydrogens is 342 g/mol. The quantitative estimate of drug-likeness (QED) is 0.706. The van der Waals surface area contributed by atoms with Crippen LogP contribution in [0.2, 0.25) is 0 Å². The van der Waals surface area contributed by atoms with Gasteiger partial charge in [0.15, 0.2) is 0 Å². The Hall–Kier alpha value is -3.67. The molecule has 2 N–H and O–H groups in total. The summed E-state index contributed by atoms with van der Waals surface area (Å²) in [5.74, 6) is -1.06. The number of hydrazine groups is 1. The van der Waals surface area contributed by atoms with Crippen molar-refractivity contribution in [2.24, 2.45) is 0 Å². The van der Waals surface area contributed by atoms with Crippen molar-refractivity contribution >= 4 is 28.6 Å². The predicted octanol–water partition coefficient (Wildman–Crippen LogP) is 2.95. The van der Waals surface area contributed by atoms with E-state index in [0.29, 0.717) is 11.1 Å². The number of hydrogen-bond acceptors (Lipinski definition) is 3. The molecule has 0 aromatic heterocycles. The van der Waals surface area contributed by atoms with Crippen LogP contribution in [-0.4, -0.2) is 22.9 Å². The molecule has 1 heterocycles. The van der Waals surface area contributed by atoms with Gasteiger partial charge in [-0.2, -0.15) is 5.01 Å². The van der Waals surface area contributed by atoms with Gasteiger partial charge >= 0.3 is 6.03 Å². The highest BCUT2D eigenvalue weighted by atomic mass is 16.2. The standard InChI is InChI=1S/C21H17N3O3/c1-21(17-9-3-2-4-10-17)19(26)24(20(27)22-21)23-18(25)16-12-11-14-7-5-6-8-15(14)13-16/h2-13H,1H3,(H,22,27)(H,23,25). The monoisotopic (exact) mass is 359 g/mol. The van der Waals surface area contributed by atoms with Crippen LogP contribution in [0.15, 0.2) is 72.8 Å². The minimum Gasteiger partial charge on any atom is -0.318 e. The third-order valence-electron chi connectivity index (χ3n) is 4.77. The van der Waals surface area contributed by atoms with Crippen LogP contribution in [0.25, 0.3) is 10.8 Å². The van der Waals surface area contributed by atoms with Gasteiger partial charge in [0.2, 0.25) is 0 Å². The molecule has 6 heteroatoms. The average molecular weight is 359 g/mol. The van der Waals surface area contributed by atoms with Gasteiger partial charge in [0.1, 0.15) is 5.54 Å². The second-order valence-electron chi connectivity index (χ2n) is 6.56. The Kier molecular flexibility index (Phi) is 3.88. The molecule has 0 spiro atoms. The molecule has 0 aliphatic carbocycles. The van der Waals surface area contributed by atoms with Crippen LogP contribution in [0.4, 0.5) is 4.79 Å². The maximum atomic E-state index is 12.8. The summed E-state index contributed by atoms with van der Waals surface area (Å²) in [7, 11) is 0. The molecule has 3 aromatic rings. The maximum Gasteiger partial charge on any atom is 0.344 e. The Morgan fingerprint density at radius 2 is 1.59 bits per heavy atom. The number of nitrogens with one attached hydrogen (secondary N) is 2. The van der Waals surface area contributed by atoms with Crippen molar-refractivity contribution < 1.29 is 14.4 Å². The molecular formula is C21H17N3O3. The lowest BCUT2D eigenvalue weighted by atomic mass is 9.92. The zero-order chi connectivity index (χ0) is 19.0. The van der Waals surface area contributed by atoms with Crippen molar-refractivity contribution in [3.63, 3.8) is 0 Å². The van der Waals surface area contributed by atoms with E-state index in [4.69, 9.17) is 0 Å². The third kappa shape index (κ3) is 2.81. The lowest BCUT2D eigenvalue weighted by molar-refractivity contribution is -0.132. The molecule has 0 bridgehead atoms. The second-order valence-corrected chi connectivity index (χ2v) is 6.56. The van der Waals surface area contributed by atoms with E-state index in [9.17, 15) is 14.4 Å². The minimum atomic E-state index is -1.23. The van der Waals surface area contributed by atoms with Gasteiger partial charge in [-0.15, -0.1) is 0 Å². The van der Waals surface area contributed by atoms with Crippen molar-refractivity contribution in [3.8, 4) is 0 Å². The van der Waals surface area contributed by atoms with E-state index >= 15 is 0 Å². The van der Waals surface area contributed by atoms with Crippen molar-refractivity contribution in [2.45, 2.75) is 12.5 Å². The van der Waals surface area contributed by atoms with Gasteiger partial charge in [-0.05, 0) is 35.4 Å². The SMILES string of the molecule is CC1(c2ccccc2)NC(=O)N(NC(=O)c2ccc3ccccc3c2)C1=O. The lowest BCUT2D eigenvalue weighted by Gasteiger charge is -2.22. The van der Waals surface area contributed by atoms with Gasteiger partial charge < -0.3 is 5.32 Å². The minimum absolute atomic E-state index is 0.364. The van der Waals surface area contributed by atoms with Crippen LogP contribution in [0.3, 0.4) is 0 Å². The van der Waals surface area contributed by atoms with Gasteiger partial charge in [0, 0.05) is 5.56 Å². The fraction of sp³-hybridized carbons (Fsp3) is 0.0952. The molecule has 0 saturated carbocycles. The van der Waals surface area contributed by atoms with E-state index in [1.807, 2.05) is 36.4 Å². The van der Waals surface area contributed by atoms with E-state index in [0.717, 1.165) is 15.8 Å². The highest BCUT2D eigenvalue weighted by Gasteiger charge is 2.50. The number of rotatable bonds is 3. The number of hydrogen-bond donors (Lipinski definition) is 2. The second kappa shape index (κ2) is 6.25. The van der Waals surface area contributed by atoms with E-state index < -0.39 is 23.4 Å². The summed E-state index contributed by atoms with van der Waals surface area (Å²) in [4.78, 5) is 37.8. The first-order valence-electron chi connectivity index (χ1n) is 8.51. The van der Waals surface area contributed by atoms with Crippen LogP contribution < -0.4 is 10.7 Å². The van der Waals surface area contributed by atoms with Gasteiger partial charge in [-0.1, -0.05) is 60.7 Å². The largest absolute Gasteiger partial charge is 0.344 e. The molecule has 1 atom stereocenters. The number of carbonyl (C=O) groups is 3. The summed E-state index contributed by atoms with van der Waals surface area (Å²) in [5, 5.41) is 5.30. The van der Waals surface area contributed by atoms with E-state index in [1.165, 1.54) is 0 Å². The summed E-state index contributed by atoms with van der Waals surface area (Å²) in [5.41, 5.74) is 2.20. The molecule has 6 nitrogen and oxygen atoms in total. The Morgan fingerprint density at radius 3 is 2.33 bits per heavy atom. The lowest BCUT2D eigenvalue weighted by Crippen LogP contribution is -2.47. The van der Waals surface area contributed by atoms with Gasteiger partial charge in [0.25, 0.3) is 11.8 Å². The smallest absolute Gasteiger partial charge is 0.318 e. The normalized spacial score (nSPS) is 19.2. The van der Waals surface area contributed by atoms with Crippen LogP contribution in [0, 0.1) is 0 Å². The predicted molar refractivity (Wildman–Crippen MR) is 101 cm³/mol. The van der Waals surface area contributed by atoms with Crippen LogP contribution >= 0.6 is 0 Å². The van der Waals surface area contributed by atoms with E-state index in [-0.39, 0.29) is 0 Å². The fourth-order valence-corrected chi connectivity index (χ4v) is 3.20. The Morgan fingerprint density at radius 1 is 0.926 bits per heavy atom.